The van der Waals surface area contributed by atoms with Crippen LogP contribution in [0.1, 0.15) is 32.3 Å². The van der Waals surface area contributed by atoms with Gasteiger partial charge < -0.3 is 34.8 Å². The van der Waals surface area contributed by atoms with Crippen LogP contribution in [0.5, 0.6) is 0 Å². The number of amidine groups is 1. The van der Waals surface area contributed by atoms with Crippen molar-refractivity contribution in [3.8, 4) is 0 Å². The van der Waals surface area contributed by atoms with Crippen molar-refractivity contribution in [2.75, 3.05) is 25.7 Å². The fraction of sp³-hybridized carbons (Fsp3) is 0.478. The largest absolute Gasteiger partial charge is 0.463 e. The number of carbonyl (C=O) groups is 3. The number of nitrogens with zero attached hydrogens (tertiary/aromatic N) is 1. The van der Waals surface area contributed by atoms with E-state index in [2.05, 4.69) is 10.5 Å². The van der Waals surface area contributed by atoms with Crippen molar-refractivity contribution in [2.24, 2.45) is 10.9 Å². The number of rotatable bonds is 12. The second kappa shape index (κ2) is 14.2. The van der Waals surface area contributed by atoms with E-state index >= 15 is 0 Å². The van der Waals surface area contributed by atoms with Gasteiger partial charge in [0.2, 0.25) is 5.76 Å². The Morgan fingerprint density at radius 3 is 2.57 bits per heavy atom. The SMILES string of the molecule is CCOC(=O)/C=C(\O/N=C(/N)C1(NC(=O)OCc2ccccc2)COC(CCCl)C1)C(=O)OCC. The maximum absolute atomic E-state index is 12.6. The third-order valence-electron chi connectivity index (χ3n) is 4.87. The van der Waals surface area contributed by atoms with E-state index in [0.717, 1.165) is 11.6 Å². The van der Waals surface area contributed by atoms with E-state index < -0.39 is 29.3 Å². The molecule has 3 N–H and O–H groups in total. The van der Waals surface area contributed by atoms with E-state index in [0.29, 0.717) is 12.3 Å². The average Bonchev–Trinajstić information content (AvgIpc) is 3.25. The van der Waals surface area contributed by atoms with Gasteiger partial charge in [0.05, 0.1) is 32.0 Å². The number of oxime groups is 1. The lowest BCUT2D eigenvalue weighted by molar-refractivity contribution is -0.144. The van der Waals surface area contributed by atoms with E-state index in [-0.39, 0.29) is 44.8 Å². The summed E-state index contributed by atoms with van der Waals surface area (Å²) in [6.07, 6.45) is 0.475. The second-order valence-electron chi connectivity index (χ2n) is 7.43. The summed E-state index contributed by atoms with van der Waals surface area (Å²) in [5.74, 6) is -2.17. The van der Waals surface area contributed by atoms with Gasteiger partial charge in [-0.05, 0) is 25.8 Å². The first-order chi connectivity index (χ1) is 16.8. The zero-order valence-corrected chi connectivity index (χ0v) is 20.4. The van der Waals surface area contributed by atoms with Crippen LogP contribution in [-0.2, 0) is 40.0 Å². The van der Waals surface area contributed by atoms with Gasteiger partial charge in [-0.15, -0.1) is 11.6 Å². The molecule has 2 rings (SSSR count). The molecule has 1 aliphatic heterocycles. The van der Waals surface area contributed by atoms with Gasteiger partial charge in [0.15, 0.2) is 5.84 Å². The molecule has 0 aliphatic carbocycles. The van der Waals surface area contributed by atoms with Crippen LogP contribution in [0.15, 0.2) is 47.3 Å². The maximum Gasteiger partial charge on any atom is 0.408 e. The zero-order chi connectivity index (χ0) is 25.7. The second-order valence-corrected chi connectivity index (χ2v) is 7.81. The van der Waals surface area contributed by atoms with Gasteiger partial charge in [-0.25, -0.2) is 14.4 Å². The third-order valence-corrected chi connectivity index (χ3v) is 5.09. The van der Waals surface area contributed by atoms with Crippen molar-refractivity contribution in [1.82, 2.24) is 5.32 Å². The first-order valence-electron chi connectivity index (χ1n) is 11.1. The summed E-state index contributed by atoms with van der Waals surface area (Å²) in [6.45, 7) is 3.32. The van der Waals surface area contributed by atoms with Gasteiger partial charge >= 0.3 is 18.0 Å². The lowest BCUT2D eigenvalue weighted by Crippen LogP contribution is -2.58. The molecule has 0 radical (unpaired) electrons. The summed E-state index contributed by atoms with van der Waals surface area (Å²) in [6, 6.07) is 9.13. The smallest absolute Gasteiger partial charge is 0.408 e. The molecule has 1 aromatic rings. The molecule has 0 bridgehead atoms. The molecule has 1 amide bonds. The molecule has 2 unspecified atom stereocenters. The van der Waals surface area contributed by atoms with Gasteiger partial charge in [0.1, 0.15) is 12.1 Å². The summed E-state index contributed by atoms with van der Waals surface area (Å²) in [4.78, 5) is 41.7. The number of nitrogens with one attached hydrogen (secondary N) is 1. The van der Waals surface area contributed by atoms with Crippen molar-refractivity contribution >= 4 is 35.5 Å². The number of benzene rings is 1. The molecule has 0 aromatic heterocycles. The highest BCUT2D eigenvalue weighted by atomic mass is 35.5. The number of hydrogen-bond donors (Lipinski definition) is 2. The number of amides is 1. The van der Waals surface area contributed by atoms with E-state index in [1.54, 1.807) is 13.8 Å². The summed E-state index contributed by atoms with van der Waals surface area (Å²) < 4.78 is 20.7. The highest BCUT2D eigenvalue weighted by molar-refractivity contribution is 6.17. The lowest BCUT2D eigenvalue weighted by atomic mass is 9.94. The van der Waals surface area contributed by atoms with Crippen molar-refractivity contribution < 1.29 is 38.2 Å². The molecule has 192 valence electrons. The molecule has 1 aromatic carbocycles. The fourth-order valence-electron chi connectivity index (χ4n) is 3.16. The monoisotopic (exact) mass is 511 g/mol. The van der Waals surface area contributed by atoms with Crippen molar-refractivity contribution in [3.63, 3.8) is 0 Å². The first-order valence-corrected chi connectivity index (χ1v) is 11.6. The van der Waals surface area contributed by atoms with Gasteiger partial charge in [0.25, 0.3) is 0 Å². The first kappa shape index (κ1) is 27.9. The van der Waals surface area contributed by atoms with Gasteiger partial charge in [-0.1, -0.05) is 35.5 Å². The predicted molar refractivity (Wildman–Crippen MR) is 126 cm³/mol. The molecule has 35 heavy (non-hydrogen) atoms. The van der Waals surface area contributed by atoms with Crippen LogP contribution in [0, 0.1) is 0 Å². The molecule has 2 atom stereocenters. The van der Waals surface area contributed by atoms with E-state index in [9.17, 15) is 14.4 Å². The summed E-state index contributed by atoms with van der Waals surface area (Å²) in [5, 5.41) is 6.49. The summed E-state index contributed by atoms with van der Waals surface area (Å²) in [7, 11) is 0. The molecule has 1 fully saturated rings. The standard InChI is InChI=1S/C23H30ClN3O8/c1-3-31-19(28)12-18(20(29)32-4-2)35-27-21(25)23(13-17(10-11-24)34-15-23)26-22(30)33-14-16-8-6-5-7-9-16/h5-9,12,17H,3-4,10-11,13-15H2,1-2H3,(H2,25,27)(H,26,30)/b18-12-. The van der Waals surface area contributed by atoms with Crippen LogP contribution < -0.4 is 11.1 Å². The Labute approximate surface area is 208 Å². The van der Waals surface area contributed by atoms with Crippen LogP contribution in [0.2, 0.25) is 0 Å². The number of hydrogen-bond acceptors (Lipinski definition) is 9. The van der Waals surface area contributed by atoms with Gasteiger partial charge in [-0.3, -0.25) is 0 Å². The summed E-state index contributed by atoms with van der Waals surface area (Å²) >= 11 is 5.84. The van der Waals surface area contributed by atoms with E-state index in [1.807, 2.05) is 30.3 Å². The Morgan fingerprint density at radius 2 is 1.91 bits per heavy atom. The zero-order valence-electron chi connectivity index (χ0n) is 19.7. The van der Waals surface area contributed by atoms with Crippen molar-refractivity contribution in [1.29, 1.82) is 0 Å². The van der Waals surface area contributed by atoms with Crippen LogP contribution >= 0.6 is 11.6 Å². The number of alkyl halides is 1. The number of halogens is 1. The molecule has 0 saturated carbocycles. The minimum Gasteiger partial charge on any atom is -0.463 e. The number of esters is 2. The maximum atomic E-state index is 12.6. The number of alkyl carbamates (subject to hydrolysis) is 1. The average molecular weight is 512 g/mol. The molecule has 12 heteroatoms. The minimum absolute atomic E-state index is 0.0360. The Bertz CT molecular complexity index is 925. The highest BCUT2D eigenvalue weighted by Gasteiger charge is 2.46. The molecule has 11 nitrogen and oxygen atoms in total. The van der Waals surface area contributed by atoms with Crippen LogP contribution in [0.25, 0.3) is 0 Å². The summed E-state index contributed by atoms with van der Waals surface area (Å²) in [5.41, 5.74) is 5.69. The Morgan fingerprint density at radius 1 is 1.20 bits per heavy atom. The number of carbonyl (C=O) groups excluding carboxylic acids is 3. The normalized spacial score (nSPS) is 20.1. The Balaban J connectivity index is 2.20. The van der Waals surface area contributed by atoms with Crippen LogP contribution in [0.4, 0.5) is 4.79 Å². The predicted octanol–water partition coefficient (Wildman–Crippen LogP) is 2.37. The lowest BCUT2D eigenvalue weighted by Gasteiger charge is -2.27. The Kier molecular flexibility index (Phi) is 11.3. The number of ether oxygens (including phenoxy) is 4. The molecular formula is C23H30ClN3O8. The fourth-order valence-corrected chi connectivity index (χ4v) is 3.40. The van der Waals surface area contributed by atoms with Gasteiger partial charge in [0, 0.05) is 12.3 Å². The molecular weight excluding hydrogens is 482 g/mol. The van der Waals surface area contributed by atoms with Crippen LogP contribution in [0.3, 0.4) is 0 Å². The Hall–Kier alpha value is -3.31. The number of nitrogens with two attached hydrogens (primary N) is 1. The topological polar surface area (TPSA) is 148 Å². The molecule has 1 saturated heterocycles. The molecule has 0 spiro atoms. The van der Waals surface area contributed by atoms with Crippen molar-refractivity contribution in [2.45, 2.75) is 44.9 Å². The highest BCUT2D eigenvalue weighted by Crippen LogP contribution is 2.27. The van der Waals surface area contributed by atoms with E-state index in [1.165, 1.54) is 0 Å². The molecule has 1 aliphatic rings. The van der Waals surface area contributed by atoms with E-state index in [4.69, 9.17) is 41.1 Å². The van der Waals surface area contributed by atoms with Crippen LogP contribution in [-0.4, -0.2) is 61.2 Å². The van der Waals surface area contributed by atoms with Crippen molar-refractivity contribution in [3.05, 3.63) is 47.7 Å². The third kappa shape index (κ3) is 8.76. The molecule has 1 heterocycles. The van der Waals surface area contributed by atoms with Gasteiger partial charge in [-0.2, -0.15) is 0 Å². The minimum atomic E-state index is -1.30. The quantitative estimate of drug-likeness (QED) is 0.0630.